The summed E-state index contributed by atoms with van der Waals surface area (Å²) in [6.45, 7) is 2.28. The Morgan fingerprint density at radius 3 is 2.55 bits per heavy atom. The normalized spacial score (nSPS) is 23.9. The minimum absolute atomic E-state index is 0.00390. The summed E-state index contributed by atoms with van der Waals surface area (Å²) in [7, 11) is -3.51. The molecule has 1 aromatic rings. The van der Waals surface area contributed by atoms with Gasteiger partial charge in [-0.2, -0.15) is 4.31 Å². The van der Waals surface area contributed by atoms with Crippen molar-refractivity contribution < 1.29 is 13.5 Å². The van der Waals surface area contributed by atoms with Gasteiger partial charge in [0.05, 0.1) is 6.10 Å². The first-order valence-electron chi connectivity index (χ1n) is 6.58. The van der Waals surface area contributed by atoms with Crippen molar-refractivity contribution in [2.24, 2.45) is 0 Å². The van der Waals surface area contributed by atoms with Gasteiger partial charge in [-0.1, -0.05) is 11.6 Å². The molecule has 1 N–H and O–H groups in total. The monoisotopic (exact) mass is 317 g/mol. The summed E-state index contributed by atoms with van der Waals surface area (Å²) < 4.78 is 25.9. The highest BCUT2D eigenvalue weighted by Gasteiger charge is 2.32. The molecular weight excluding hydrogens is 302 g/mol. The molecule has 0 radical (unpaired) electrons. The van der Waals surface area contributed by atoms with E-state index in [0.29, 0.717) is 38.4 Å². The number of pyridine rings is 1. The molecule has 1 atom stereocenters. The van der Waals surface area contributed by atoms with E-state index in [2.05, 4.69) is 4.98 Å². The number of nitrogens with zero attached hydrogens (tertiary/aromatic N) is 3. The van der Waals surface area contributed by atoms with E-state index in [1.54, 1.807) is 6.07 Å². The van der Waals surface area contributed by atoms with Crippen LogP contribution < -0.4 is 4.90 Å². The van der Waals surface area contributed by atoms with Gasteiger partial charge in [-0.3, -0.25) is 0 Å². The summed E-state index contributed by atoms with van der Waals surface area (Å²) in [5.41, 5.74) is 0. The van der Waals surface area contributed by atoms with E-state index in [0.717, 1.165) is 6.42 Å². The van der Waals surface area contributed by atoms with Crippen molar-refractivity contribution in [1.82, 2.24) is 9.29 Å². The van der Waals surface area contributed by atoms with Crippen molar-refractivity contribution in [3.05, 3.63) is 17.3 Å². The Morgan fingerprint density at radius 1 is 1.30 bits per heavy atom. The van der Waals surface area contributed by atoms with Gasteiger partial charge in [0.1, 0.15) is 10.7 Å². The fraction of sp³-hybridized carbons (Fsp3) is 0.583. The maximum absolute atomic E-state index is 12.3. The van der Waals surface area contributed by atoms with E-state index >= 15 is 0 Å². The molecule has 0 spiro atoms. The molecule has 20 heavy (non-hydrogen) atoms. The fourth-order valence-electron chi connectivity index (χ4n) is 2.40. The Balaban J connectivity index is 1.88. The minimum Gasteiger partial charge on any atom is -0.391 e. The highest BCUT2D eigenvalue weighted by molar-refractivity contribution is 7.89. The van der Waals surface area contributed by atoms with E-state index in [-0.39, 0.29) is 16.2 Å². The predicted octanol–water partition coefficient (Wildman–Crippen LogP) is 0.700. The number of aliphatic hydroxyl groups excluding tert-OH is 1. The van der Waals surface area contributed by atoms with Crippen LogP contribution in [-0.2, 0) is 10.0 Å². The van der Waals surface area contributed by atoms with E-state index in [9.17, 15) is 13.5 Å². The van der Waals surface area contributed by atoms with Crippen molar-refractivity contribution in [3.63, 3.8) is 0 Å². The Bertz CT molecular complexity index is 618. The van der Waals surface area contributed by atoms with Gasteiger partial charge in [0.15, 0.2) is 5.15 Å². The van der Waals surface area contributed by atoms with Crippen molar-refractivity contribution in [2.75, 3.05) is 31.1 Å². The standard InChI is InChI=1S/C12H16ClN3O3S/c13-12-10(20(18,19)16-5-1-6-16)2-3-11(14-12)15-7-4-9(17)8-15/h2-3,9,17H,1,4-8H2/t9-/m0/s1. The molecule has 110 valence electrons. The quantitative estimate of drug-likeness (QED) is 0.831. The Kier molecular flexibility index (Phi) is 3.62. The Labute approximate surface area is 123 Å². The summed E-state index contributed by atoms with van der Waals surface area (Å²) >= 11 is 6.05. The summed E-state index contributed by atoms with van der Waals surface area (Å²) in [6.07, 6.45) is 1.21. The van der Waals surface area contributed by atoms with Crippen molar-refractivity contribution >= 4 is 27.4 Å². The minimum atomic E-state index is -3.51. The number of β-amino-alcohol motifs (C(OH)–C–C–N with tert-alkyl or cyclic N) is 1. The van der Waals surface area contributed by atoms with Gasteiger partial charge in [0.25, 0.3) is 0 Å². The SMILES string of the molecule is O=S(=O)(c1ccc(N2CC[C@H](O)C2)nc1Cl)N1CCC1. The van der Waals surface area contributed by atoms with Gasteiger partial charge < -0.3 is 10.0 Å². The van der Waals surface area contributed by atoms with E-state index < -0.39 is 10.0 Å². The first-order valence-corrected chi connectivity index (χ1v) is 8.40. The molecule has 0 unspecified atom stereocenters. The zero-order valence-corrected chi connectivity index (χ0v) is 12.4. The lowest BCUT2D eigenvalue weighted by Gasteiger charge is -2.30. The maximum Gasteiger partial charge on any atom is 0.246 e. The van der Waals surface area contributed by atoms with Crippen LogP contribution in [0.4, 0.5) is 5.82 Å². The molecule has 2 saturated heterocycles. The van der Waals surface area contributed by atoms with Gasteiger partial charge in [0.2, 0.25) is 10.0 Å². The average Bonchev–Trinajstić information content (AvgIpc) is 2.72. The predicted molar refractivity (Wildman–Crippen MR) is 75.5 cm³/mol. The Hall–Kier alpha value is -0.890. The van der Waals surface area contributed by atoms with Gasteiger partial charge in [-0.15, -0.1) is 0 Å². The molecule has 1 aromatic heterocycles. The number of rotatable bonds is 3. The number of anilines is 1. The molecule has 0 amide bonds. The van der Waals surface area contributed by atoms with E-state index in [4.69, 9.17) is 11.6 Å². The lowest BCUT2D eigenvalue weighted by molar-refractivity contribution is 0.198. The zero-order valence-electron chi connectivity index (χ0n) is 10.9. The number of sulfonamides is 1. The van der Waals surface area contributed by atoms with E-state index in [1.807, 2.05) is 4.90 Å². The molecule has 2 fully saturated rings. The molecule has 2 aliphatic heterocycles. The van der Waals surface area contributed by atoms with Gasteiger partial charge in [0, 0.05) is 26.2 Å². The van der Waals surface area contributed by atoms with E-state index in [1.165, 1.54) is 10.4 Å². The van der Waals surface area contributed by atoms with Crippen LogP contribution in [0.15, 0.2) is 17.0 Å². The first-order chi connectivity index (χ1) is 9.48. The van der Waals surface area contributed by atoms with Gasteiger partial charge in [-0.05, 0) is 25.0 Å². The van der Waals surface area contributed by atoms with Crippen LogP contribution in [-0.4, -0.2) is 55.1 Å². The van der Waals surface area contributed by atoms with Crippen LogP contribution in [0.2, 0.25) is 5.15 Å². The molecule has 2 aliphatic rings. The maximum atomic E-state index is 12.3. The van der Waals surface area contributed by atoms with Gasteiger partial charge >= 0.3 is 0 Å². The highest BCUT2D eigenvalue weighted by atomic mass is 35.5. The second-order valence-electron chi connectivity index (χ2n) is 5.10. The van der Waals surface area contributed by atoms with Crippen molar-refractivity contribution in [3.8, 4) is 0 Å². The summed E-state index contributed by atoms with van der Waals surface area (Å²) in [5.74, 6) is 0.606. The number of aliphatic hydroxyl groups is 1. The molecule has 0 aromatic carbocycles. The smallest absolute Gasteiger partial charge is 0.246 e. The molecule has 3 rings (SSSR count). The third-order valence-corrected chi connectivity index (χ3v) is 6.05. The molecule has 0 bridgehead atoms. The average molecular weight is 318 g/mol. The molecule has 3 heterocycles. The summed E-state index contributed by atoms with van der Waals surface area (Å²) in [5, 5.41) is 9.52. The van der Waals surface area contributed by atoms with Crippen molar-refractivity contribution in [1.29, 1.82) is 0 Å². The summed E-state index contributed by atoms with van der Waals surface area (Å²) in [6, 6.07) is 3.15. The highest BCUT2D eigenvalue weighted by Crippen LogP contribution is 2.29. The second-order valence-corrected chi connectivity index (χ2v) is 7.37. The topological polar surface area (TPSA) is 73.7 Å². The fourth-order valence-corrected chi connectivity index (χ4v) is 4.35. The van der Waals surface area contributed by atoms with Crippen LogP contribution >= 0.6 is 11.6 Å². The van der Waals surface area contributed by atoms with Crippen LogP contribution in [0.5, 0.6) is 0 Å². The van der Waals surface area contributed by atoms with Crippen molar-refractivity contribution in [2.45, 2.75) is 23.8 Å². The first kappa shape index (κ1) is 14.1. The third-order valence-electron chi connectivity index (χ3n) is 3.72. The lowest BCUT2D eigenvalue weighted by atomic mass is 10.3. The van der Waals surface area contributed by atoms with Gasteiger partial charge in [-0.25, -0.2) is 13.4 Å². The molecule has 0 saturated carbocycles. The number of hydrogen-bond donors (Lipinski definition) is 1. The zero-order chi connectivity index (χ0) is 14.3. The molecular formula is C12H16ClN3O3S. The van der Waals surface area contributed by atoms with Crippen LogP contribution in [0.1, 0.15) is 12.8 Å². The van der Waals surface area contributed by atoms with Crippen LogP contribution in [0.3, 0.4) is 0 Å². The molecule has 6 nitrogen and oxygen atoms in total. The lowest BCUT2D eigenvalue weighted by Crippen LogP contribution is -2.42. The largest absolute Gasteiger partial charge is 0.391 e. The van der Waals surface area contributed by atoms with Crippen LogP contribution in [0, 0.1) is 0 Å². The molecule has 8 heteroatoms. The number of halogens is 1. The van der Waals surface area contributed by atoms with Crippen LogP contribution in [0.25, 0.3) is 0 Å². The number of aromatic nitrogens is 1. The second kappa shape index (κ2) is 5.14. The number of hydrogen-bond acceptors (Lipinski definition) is 5. The molecule has 0 aliphatic carbocycles. The third kappa shape index (κ3) is 2.39. The Morgan fingerprint density at radius 2 is 2.05 bits per heavy atom. The summed E-state index contributed by atoms with van der Waals surface area (Å²) in [4.78, 5) is 6.13.